The summed E-state index contributed by atoms with van der Waals surface area (Å²) < 4.78 is 0. The molecule has 90 valence electrons. The summed E-state index contributed by atoms with van der Waals surface area (Å²) in [5, 5.41) is 7.13. The van der Waals surface area contributed by atoms with Crippen LogP contribution in [0.25, 0.3) is 0 Å². The maximum atomic E-state index is 3.67. The maximum Gasteiger partial charge on any atom is 0.00388 e. The molecule has 1 aliphatic heterocycles. The van der Waals surface area contributed by atoms with Crippen molar-refractivity contribution in [2.45, 2.75) is 52.5 Å². The summed E-state index contributed by atoms with van der Waals surface area (Å²) in [6.07, 6.45) is 5.43. The fourth-order valence-corrected chi connectivity index (χ4v) is 2.29. The first-order chi connectivity index (χ1) is 7.24. The Kier molecular flexibility index (Phi) is 6.26. The number of hydrogen-bond acceptors (Lipinski definition) is 2. The lowest BCUT2D eigenvalue weighted by Gasteiger charge is -2.19. The molecule has 0 radical (unpaired) electrons. The lowest BCUT2D eigenvalue weighted by molar-refractivity contribution is 0.383. The number of unbranched alkanes of at least 4 members (excludes halogenated alkanes) is 2. The number of rotatable bonds is 7. The molecule has 1 saturated heterocycles. The normalized spacial score (nSPS) is 28.2. The molecule has 2 N–H and O–H groups in total. The van der Waals surface area contributed by atoms with Crippen molar-refractivity contribution in [2.24, 2.45) is 11.8 Å². The molecule has 3 atom stereocenters. The number of nitrogens with one attached hydrogen (secondary N) is 2. The van der Waals surface area contributed by atoms with Crippen LogP contribution in [0, 0.1) is 11.8 Å². The molecule has 2 nitrogen and oxygen atoms in total. The van der Waals surface area contributed by atoms with Gasteiger partial charge < -0.3 is 10.6 Å². The Morgan fingerprint density at radius 3 is 2.73 bits per heavy atom. The van der Waals surface area contributed by atoms with E-state index >= 15 is 0 Å². The first-order valence-corrected chi connectivity index (χ1v) is 6.68. The minimum absolute atomic E-state index is 0.698. The van der Waals surface area contributed by atoms with E-state index in [0.29, 0.717) is 6.04 Å². The van der Waals surface area contributed by atoms with Gasteiger partial charge in [0.25, 0.3) is 0 Å². The van der Waals surface area contributed by atoms with Gasteiger partial charge in [-0.25, -0.2) is 0 Å². The monoisotopic (exact) mass is 212 g/mol. The molecule has 1 heterocycles. The van der Waals surface area contributed by atoms with Gasteiger partial charge in [-0.15, -0.1) is 0 Å². The van der Waals surface area contributed by atoms with Crippen molar-refractivity contribution in [3.8, 4) is 0 Å². The predicted molar refractivity (Wildman–Crippen MR) is 67.1 cm³/mol. The van der Waals surface area contributed by atoms with E-state index in [1.165, 1.54) is 45.3 Å². The van der Waals surface area contributed by atoms with Crippen LogP contribution in [0.1, 0.15) is 46.5 Å². The zero-order valence-corrected chi connectivity index (χ0v) is 10.7. The lowest BCUT2D eigenvalue weighted by atomic mass is 9.97. The largest absolute Gasteiger partial charge is 0.316 e. The van der Waals surface area contributed by atoms with Crippen LogP contribution in [0.2, 0.25) is 0 Å². The van der Waals surface area contributed by atoms with E-state index in [1.807, 2.05) is 0 Å². The molecule has 0 aromatic heterocycles. The molecule has 0 aliphatic carbocycles. The first-order valence-electron chi connectivity index (χ1n) is 6.68. The van der Waals surface area contributed by atoms with Gasteiger partial charge in [0.1, 0.15) is 0 Å². The summed E-state index contributed by atoms with van der Waals surface area (Å²) in [4.78, 5) is 0. The second kappa shape index (κ2) is 7.24. The fraction of sp³-hybridized carbons (Fsp3) is 1.00. The summed E-state index contributed by atoms with van der Waals surface area (Å²) in [5.74, 6) is 1.69. The van der Waals surface area contributed by atoms with E-state index in [9.17, 15) is 0 Å². The Bertz CT molecular complexity index is 159. The standard InChI is InChI=1S/C13H28N2/c1-4-5-6-7-12(3)15-10-13-9-14-8-11(13)2/h11-15H,4-10H2,1-3H3/t11-,12?,13+/m1/s1. The molecule has 1 unspecified atom stereocenters. The van der Waals surface area contributed by atoms with E-state index in [4.69, 9.17) is 0 Å². The predicted octanol–water partition coefficient (Wildman–Crippen LogP) is 2.40. The van der Waals surface area contributed by atoms with Crippen LogP contribution >= 0.6 is 0 Å². The van der Waals surface area contributed by atoms with Crippen LogP contribution in [-0.4, -0.2) is 25.7 Å². The van der Waals surface area contributed by atoms with E-state index in [0.717, 1.165) is 11.8 Å². The molecule has 2 heteroatoms. The molecular weight excluding hydrogens is 184 g/mol. The minimum atomic E-state index is 0.698. The van der Waals surface area contributed by atoms with Crippen molar-refractivity contribution in [2.75, 3.05) is 19.6 Å². The van der Waals surface area contributed by atoms with Gasteiger partial charge in [-0.3, -0.25) is 0 Å². The van der Waals surface area contributed by atoms with E-state index in [2.05, 4.69) is 31.4 Å². The van der Waals surface area contributed by atoms with Crippen molar-refractivity contribution < 1.29 is 0 Å². The molecule has 0 aromatic carbocycles. The van der Waals surface area contributed by atoms with Crippen LogP contribution in [0.5, 0.6) is 0 Å². The Balaban J connectivity index is 2.03. The summed E-state index contributed by atoms with van der Waals surface area (Å²) in [7, 11) is 0. The van der Waals surface area contributed by atoms with Crippen LogP contribution < -0.4 is 10.6 Å². The van der Waals surface area contributed by atoms with Gasteiger partial charge in [-0.1, -0.05) is 33.1 Å². The summed E-state index contributed by atoms with van der Waals surface area (Å²) >= 11 is 0. The van der Waals surface area contributed by atoms with Gasteiger partial charge in [-0.05, 0) is 44.8 Å². The zero-order valence-electron chi connectivity index (χ0n) is 10.7. The van der Waals surface area contributed by atoms with Gasteiger partial charge >= 0.3 is 0 Å². The second-order valence-corrected chi connectivity index (χ2v) is 5.20. The third-order valence-corrected chi connectivity index (χ3v) is 3.65. The molecular formula is C13H28N2. The second-order valence-electron chi connectivity index (χ2n) is 5.20. The molecule has 0 spiro atoms. The quantitative estimate of drug-likeness (QED) is 0.633. The molecule has 0 amide bonds. The average Bonchev–Trinajstić information content (AvgIpc) is 2.61. The highest BCUT2D eigenvalue weighted by Crippen LogP contribution is 2.15. The van der Waals surface area contributed by atoms with Gasteiger partial charge in [0.05, 0.1) is 0 Å². The SMILES string of the molecule is CCCCCC(C)NC[C@@H]1CNC[C@H]1C. The topological polar surface area (TPSA) is 24.1 Å². The fourth-order valence-electron chi connectivity index (χ4n) is 2.29. The highest BCUT2D eigenvalue weighted by molar-refractivity contribution is 4.80. The van der Waals surface area contributed by atoms with Gasteiger partial charge in [0.2, 0.25) is 0 Å². The van der Waals surface area contributed by atoms with Crippen molar-refractivity contribution in [1.29, 1.82) is 0 Å². The lowest BCUT2D eigenvalue weighted by Crippen LogP contribution is -2.33. The highest BCUT2D eigenvalue weighted by atomic mass is 15.0. The molecule has 1 rings (SSSR count). The van der Waals surface area contributed by atoms with Gasteiger partial charge in [-0.2, -0.15) is 0 Å². The van der Waals surface area contributed by atoms with Crippen LogP contribution in [0.3, 0.4) is 0 Å². The van der Waals surface area contributed by atoms with Crippen molar-refractivity contribution in [3.63, 3.8) is 0 Å². The summed E-state index contributed by atoms with van der Waals surface area (Å²) in [6.45, 7) is 10.6. The van der Waals surface area contributed by atoms with Gasteiger partial charge in [0, 0.05) is 6.04 Å². The molecule has 15 heavy (non-hydrogen) atoms. The molecule has 0 bridgehead atoms. The van der Waals surface area contributed by atoms with Crippen LogP contribution in [0.4, 0.5) is 0 Å². The maximum absolute atomic E-state index is 3.67. The average molecular weight is 212 g/mol. The van der Waals surface area contributed by atoms with Crippen molar-refractivity contribution in [3.05, 3.63) is 0 Å². The Hall–Kier alpha value is -0.0800. The van der Waals surface area contributed by atoms with E-state index in [1.54, 1.807) is 0 Å². The van der Waals surface area contributed by atoms with Crippen molar-refractivity contribution in [1.82, 2.24) is 10.6 Å². The summed E-state index contributed by atoms with van der Waals surface area (Å²) in [5.41, 5.74) is 0. The third-order valence-electron chi connectivity index (χ3n) is 3.65. The highest BCUT2D eigenvalue weighted by Gasteiger charge is 2.22. The Morgan fingerprint density at radius 1 is 1.33 bits per heavy atom. The smallest absolute Gasteiger partial charge is 0.00388 e. The van der Waals surface area contributed by atoms with E-state index < -0.39 is 0 Å². The van der Waals surface area contributed by atoms with Crippen molar-refractivity contribution >= 4 is 0 Å². The molecule has 1 aliphatic rings. The van der Waals surface area contributed by atoms with Crippen LogP contribution in [-0.2, 0) is 0 Å². The third kappa shape index (κ3) is 4.98. The van der Waals surface area contributed by atoms with E-state index in [-0.39, 0.29) is 0 Å². The Morgan fingerprint density at radius 2 is 2.13 bits per heavy atom. The molecule has 0 saturated carbocycles. The minimum Gasteiger partial charge on any atom is -0.316 e. The van der Waals surface area contributed by atoms with Crippen LogP contribution in [0.15, 0.2) is 0 Å². The Labute approximate surface area is 95.2 Å². The summed E-state index contributed by atoms with van der Waals surface area (Å²) in [6, 6.07) is 0.698. The number of hydrogen-bond donors (Lipinski definition) is 2. The molecule has 1 fully saturated rings. The molecule has 0 aromatic rings. The first kappa shape index (κ1) is 13.0. The van der Waals surface area contributed by atoms with Gasteiger partial charge in [0.15, 0.2) is 0 Å². The zero-order chi connectivity index (χ0) is 11.1.